The maximum atomic E-state index is 13.5. The average molecular weight is 493 g/mol. The zero-order valence-corrected chi connectivity index (χ0v) is 20.8. The molecule has 4 rings (SSSR count). The molecule has 178 valence electrons. The van der Waals surface area contributed by atoms with Gasteiger partial charge in [-0.05, 0) is 38.0 Å². The highest BCUT2D eigenvalue weighted by Gasteiger charge is 2.36. The second-order valence-corrected chi connectivity index (χ2v) is 11.8. The Balaban J connectivity index is 1.51. The molecule has 4 heterocycles. The standard InChI is InChI=1S/C22H28N4O5S2/c1-14(2)21-23-20(24-31-21)18-11-19(15(3)32-18)33(28,29)26-9-5-7-16(12-26)22(27)25(4)13-17-8-6-10-30-17/h6,8,10-11,14,16H,5,7,9,12-13H2,1-4H3. The number of aryl methyl sites for hydroxylation is 1. The third kappa shape index (κ3) is 4.90. The van der Waals surface area contributed by atoms with E-state index in [0.717, 1.165) is 0 Å². The highest BCUT2D eigenvalue weighted by atomic mass is 32.2. The van der Waals surface area contributed by atoms with Gasteiger partial charge in [0, 0.05) is 30.9 Å². The van der Waals surface area contributed by atoms with Gasteiger partial charge in [-0.3, -0.25) is 4.79 Å². The van der Waals surface area contributed by atoms with E-state index in [1.807, 2.05) is 19.9 Å². The Labute approximate surface area is 197 Å². The van der Waals surface area contributed by atoms with E-state index in [-0.39, 0.29) is 23.3 Å². The molecule has 0 spiro atoms. The van der Waals surface area contributed by atoms with Gasteiger partial charge >= 0.3 is 0 Å². The third-order valence-corrected chi connectivity index (χ3v) is 8.90. The first-order chi connectivity index (χ1) is 15.7. The summed E-state index contributed by atoms with van der Waals surface area (Å²) in [7, 11) is -2.05. The molecule has 33 heavy (non-hydrogen) atoms. The summed E-state index contributed by atoms with van der Waals surface area (Å²) in [6, 6.07) is 5.20. The number of aromatic nitrogens is 2. The van der Waals surface area contributed by atoms with Gasteiger partial charge in [-0.25, -0.2) is 8.42 Å². The minimum atomic E-state index is -3.76. The molecule has 1 aliphatic heterocycles. The van der Waals surface area contributed by atoms with Crippen LogP contribution in [0.2, 0.25) is 0 Å². The van der Waals surface area contributed by atoms with Crippen molar-refractivity contribution >= 4 is 27.3 Å². The molecule has 1 fully saturated rings. The molecule has 0 N–H and O–H groups in total. The summed E-state index contributed by atoms with van der Waals surface area (Å²) in [5, 5.41) is 4.00. The van der Waals surface area contributed by atoms with Crippen LogP contribution in [-0.4, -0.2) is 53.8 Å². The Hall–Kier alpha value is -2.50. The van der Waals surface area contributed by atoms with Crippen LogP contribution in [0.5, 0.6) is 0 Å². The second kappa shape index (κ2) is 9.40. The maximum absolute atomic E-state index is 13.5. The normalized spacial score (nSPS) is 17.5. The van der Waals surface area contributed by atoms with Gasteiger partial charge in [0.05, 0.1) is 28.5 Å². The van der Waals surface area contributed by atoms with Crippen LogP contribution in [0, 0.1) is 12.8 Å². The quantitative estimate of drug-likeness (QED) is 0.492. The highest BCUT2D eigenvalue weighted by Crippen LogP contribution is 2.35. The van der Waals surface area contributed by atoms with Crippen molar-refractivity contribution in [3.63, 3.8) is 0 Å². The Kier molecular flexibility index (Phi) is 6.73. The number of hydrogen-bond acceptors (Lipinski definition) is 8. The van der Waals surface area contributed by atoms with Crippen LogP contribution in [0.4, 0.5) is 0 Å². The fraction of sp³-hybridized carbons (Fsp3) is 0.500. The minimum Gasteiger partial charge on any atom is -0.467 e. The predicted molar refractivity (Wildman–Crippen MR) is 123 cm³/mol. The van der Waals surface area contributed by atoms with Crippen molar-refractivity contribution in [1.29, 1.82) is 0 Å². The van der Waals surface area contributed by atoms with E-state index in [2.05, 4.69) is 10.1 Å². The van der Waals surface area contributed by atoms with Crippen LogP contribution in [0.15, 0.2) is 38.3 Å². The Bertz CT molecular complexity index is 1210. The van der Waals surface area contributed by atoms with Crippen molar-refractivity contribution in [2.45, 2.75) is 51.0 Å². The molecule has 0 bridgehead atoms. The lowest BCUT2D eigenvalue weighted by Crippen LogP contribution is -2.45. The molecule has 0 saturated carbocycles. The van der Waals surface area contributed by atoms with E-state index in [9.17, 15) is 13.2 Å². The summed E-state index contributed by atoms with van der Waals surface area (Å²) in [6.07, 6.45) is 2.85. The molecule has 3 aromatic heterocycles. The van der Waals surface area contributed by atoms with Gasteiger partial charge in [0.15, 0.2) is 0 Å². The minimum absolute atomic E-state index is 0.0814. The van der Waals surface area contributed by atoms with Crippen molar-refractivity contribution in [2.24, 2.45) is 5.92 Å². The Morgan fingerprint density at radius 1 is 1.39 bits per heavy atom. The molecule has 1 amide bonds. The van der Waals surface area contributed by atoms with E-state index < -0.39 is 15.9 Å². The van der Waals surface area contributed by atoms with E-state index >= 15 is 0 Å². The predicted octanol–water partition coefficient (Wildman–Crippen LogP) is 3.88. The van der Waals surface area contributed by atoms with Crippen molar-refractivity contribution in [1.82, 2.24) is 19.3 Å². The summed E-state index contributed by atoms with van der Waals surface area (Å²) in [6.45, 7) is 6.58. The Morgan fingerprint density at radius 3 is 2.85 bits per heavy atom. The van der Waals surface area contributed by atoms with Crippen LogP contribution in [0.25, 0.3) is 10.7 Å². The van der Waals surface area contributed by atoms with E-state index in [0.29, 0.717) is 53.2 Å². The molecular formula is C22H28N4O5S2. The lowest BCUT2D eigenvalue weighted by molar-refractivity contribution is -0.136. The zero-order valence-electron chi connectivity index (χ0n) is 19.1. The molecule has 0 aliphatic carbocycles. The van der Waals surface area contributed by atoms with Crippen molar-refractivity contribution in [2.75, 3.05) is 20.1 Å². The number of rotatable bonds is 7. The van der Waals surface area contributed by atoms with E-state index in [1.54, 1.807) is 37.3 Å². The summed E-state index contributed by atoms with van der Waals surface area (Å²) in [5.41, 5.74) is 0. The van der Waals surface area contributed by atoms with Crippen LogP contribution >= 0.6 is 11.3 Å². The van der Waals surface area contributed by atoms with Gasteiger partial charge in [0.2, 0.25) is 27.6 Å². The number of thiophene rings is 1. The largest absolute Gasteiger partial charge is 0.467 e. The molecule has 1 aliphatic rings. The summed E-state index contributed by atoms with van der Waals surface area (Å²) >= 11 is 1.32. The lowest BCUT2D eigenvalue weighted by atomic mass is 9.98. The first kappa shape index (κ1) is 23.7. The number of nitrogens with zero attached hydrogens (tertiary/aromatic N) is 4. The smallest absolute Gasteiger partial charge is 0.244 e. The number of furan rings is 1. The molecule has 1 saturated heterocycles. The van der Waals surface area contributed by atoms with Gasteiger partial charge < -0.3 is 13.8 Å². The number of hydrogen-bond donors (Lipinski definition) is 0. The average Bonchev–Trinajstić information content (AvgIpc) is 3.54. The van der Waals surface area contributed by atoms with Crippen molar-refractivity contribution in [3.8, 4) is 10.7 Å². The zero-order chi connectivity index (χ0) is 23.8. The molecule has 11 heteroatoms. The van der Waals surface area contributed by atoms with E-state index in [1.165, 1.54) is 15.6 Å². The topological polar surface area (TPSA) is 110 Å². The molecule has 0 radical (unpaired) electrons. The summed E-state index contributed by atoms with van der Waals surface area (Å²) in [5.74, 6) is 1.20. The van der Waals surface area contributed by atoms with Crippen LogP contribution in [0.3, 0.4) is 0 Å². The van der Waals surface area contributed by atoms with Gasteiger partial charge in [-0.15, -0.1) is 11.3 Å². The molecule has 3 aromatic rings. The van der Waals surface area contributed by atoms with Crippen molar-refractivity contribution in [3.05, 3.63) is 41.0 Å². The van der Waals surface area contributed by atoms with Gasteiger partial charge in [0.1, 0.15) is 5.76 Å². The fourth-order valence-electron chi connectivity index (χ4n) is 3.93. The van der Waals surface area contributed by atoms with Crippen molar-refractivity contribution < 1.29 is 22.2 Å². The summed E-state index contributed by atoms with van der Waals surface area (Å²) < 4.78 is 39.0. The second-order valence-electron chi connectivity index (χ2n) is 8.62. The number of carbonyl (C=O) groups excluding carboxylic acids is 1. The first-order valence-corrected chi connectivity index (χ1v) is 13.1. The van der Waals surface area contributed by atoms with Crippen LogP contribution in [-0.2, 0) is 21.4 Å². The molecule has 1 atom stereocenters. The SMILES string of the molecule is Cc1sc(-c2noc(C(C)C)n2)cc1S(=O)(=O)N1CCCC(C(=O)N(C)Cc2ccco2)C1. The molecule has 9 nitrogen and oxygen atoms in total. The third-order valence-electron chi connectivity index (χ3n) is 5.73. The first-order valence-electron chi connectivity index (χ1n) is 10.9. The van der Waals surface area contributed by atoms with Gasteiger partial charge in [0.25, 0.3) is 0 Å². The number of amides is 1. The molecule has 0 aromatic carbocycles. The van der Waals surface area contributed by atoms with Crippen LogP contribution < -0.4 is 0 Å². The molecule has 1 unspecified atom stereocenters. The number of piperidine rings is 1. The number of sulfonamides is 1. The van der Waals surface area contributed by atoms with Gasteiger partial charge in [-0.2, -0.15) is 9.29 Å². The number of carbonyl (C=O) groups is 1. The van der Waals surface area contributed by atoms with Crippen LogP contribution in [0.1, 0.15) is 49.1 Å². The van der Waals surface area contributed by atoms with Gasteiger partial charge in [-0.1, -0.05) is 19.0 Å². The highest BCUT2D eigenvalue weighted by molar-refractivity contribution is 7.89. The maximum Gasteiger partial charge on any atom is 0.244 e. The van der Waals surface area contributed by atoms with E-state index in [4.69, 9.17) is 8.94 Å². The summed E-state index contributed by atoms with van der Waals surface area (Å²) in [4.78, 5) is 20.5. The lowest BCUT2D eigenvalue weighted by Gasteiger charge is -2.33. The fourth-order valence-corrected chi connectivity index (χ4v) is 6.94. The Morgan fingerprint density at radius 2 is 2.18 bits per heavy atom. The monoisotopic (exact) mass is 492 g/mol. The molecular weight excluding hydrogens is 464 g/mol.